The molecule has 4 rings (SSSR count). The lowest BCUT2D eigenvalue weighted by Crippen LogP contribution is -2.43. The summed E-state index contributed by atoms with van der Waals surface area (Å²) in [6.45, 7) is 1.24. The van der Waals surface area contributed by atoms with Crippen LogP contribution in [0.25, 0.3) is 0 Å². The predicted molar refractivity (Wildman–Crippen MR) is 85.1 cm³/mol. The van der Waals surface area contributed by atoms with Gasteiger partial charge in [0.05, 0.1) is 6.61 Å². The molecule has 3 aliphatic heterocycles. The second-order valence-electron chi connectivity index (χ2n) is 6.42. The maximum absolute atomic E-state index is 13.0. The molecule has 0 bridgehead atoms. The molecule has 1 aromatic heterocycles. The predicted octanol–water partition coefficient (Wildman–Crippen LogP) is -0.196. The molecule has 10 nitrogen and oxygen atoms in total. The highest BCUT2D eigenvalue weighted by atomic mass is 31.2. The molecule has 4 heterocycles. The number of hydrogen-bond donors (Lipinski definition) is 2. The third-order valence-corrected chi connectivity index (χ3v) is 6.85. The van der Waals surface area contributed by atoms with E-state index in [-0.39, 0.29) is 6.61 Å². The number of aliphatic hydroxyl groups excluding tert-OH is 1. The van der Waals surface area contributed by atoms with Crippen LogP contribution in [-0.4, -0.2) is 57.3 Å². The zero-order chi connectivity index (χ0) is 17.6. The van der Waals surface area contributed by atoms with Gasteiger partial charge in [-0.05, 0) is 12.8 Å². The van der Waals surface area contributed by atoms with Crippen LogP contribution in [0.15, 0.2) is 21.9 Å². The van der Waals surface area contributed by atoms with Gasteiger partial charge in [0.15, 0.2) is 6.23 Å². The van der Waals surface area contributed by atoms with Crippen molar-refractivity contribution in [3.63, 3.8) is 0 Å². The third kappa shape index (κ3) is 3.03. The molecule has 5 atom stereocenters. The molecule has 0 saturated carbocycles. The van der Waals surface area contributed by atoms with Crippen molar-refractivity contribution < 1.29 is 23.5 Å². The van der Waals surface area contributed by atoms with Gasteiger partial charge in [-0.2, -0.15) is 0 Å². The molecule has 138 valence electrons. The van der Waals surface area contributed by atoms with E-state index >= 15 is 0 Å². The molecule has 1 unspecified atom stereocenters. The SMILES string of the molecule is O=c1ccn([C@@H]2O[C@@H]3COP(=O)(N4CCCCC4)O[C@H]3[C@H]2O)c(=O)[nH]1. The Kier molecular flexibility index (Phi) is 4.43. The lowest BCUT2D eigenvalue weighted by atomic mass is 10.1. The largest absolute Gasteiger partial charge is 0.408 e. The number of ether oxygens (including phenoxy) is 1. The number of aromatic nitrogens is 2. The lowest BCUT2D eigenvalue weighted by Gasteiger charge is -2.38. The van der Waals surface area contributed by atoms with Gasteiger partial charge in [0.1, 0.15) is 18.3 Å². The number of aromatic amines is 1. The fraction of sp³-hybridized carbons (Fsp3) is 0.714. The molecule has 25 heavy (non-hydrogen) atoms. The van der Waals surface area contributed by atoms with E-state index in [1.54, 1.807) is 4.67 Å². The number of hydrogen-bond acceptors (Lipinski definition) is 7. The second-order valence-corrected chi connectivity index (χ2v) is 8.39. The van der Waals surface area contributed by atoms with Crippen molar-refractivity contribution in [3.8, 4) is 0 Å². The molecule has 3 saturated heterocycles. The average Bonchev–Trinajstić information content (AvgIpc) is 2.92. The minimum Gasteiger partial charge on any atom is -0.386 e. The Morgan fingerprint density at radius 3 is 2.72 bits per heavy atom. The summed E-state index contributed by atoms with van der Waals surface area (Å²) in [5, 5.41) is 10.6. The Labute approximate surface area is 142 Å². The van der Waals surface area contributed by atoms with Gasteiger partial charge in [0.25, 0.3) is 5.56 Å². The maximum atomic E-state index is 13.0. The van der Waals surface area contributed by atoms with E-state index in [9.17, 15) is 19.3 Å². The summed E-state index contributed by atoms with van der Waals surface area (Å²) in [6, 6.07) is 1.16. The van der Waals surface area contributed by atoms with Crippen molar-refractivity contribution in [2.45, 2.75) is 43.8 Å². The number of nitrogens with zero attached hydrogens (tertiary/aromatic N) is 2. The topological polar surface area (TPSA) is 123 Å². The van der Waals surface area contributed by atoms with Gasteiger partial charge in [0.2, 0.25) is 0 Å². The highest BCUT2D eigenvalue weighted by Crippen LogP contribution is 2.58. The van der Waals surface area contributed by atoms with Crippen LogP contribution >= 0.6 is 7.75 Å². The van der Waals surface area contributed by atoms with Gasteiger partial charge in [-0.25, -0.2) is 14.0 Å². The smallest absolute Gasteiger partial charge is 0.386 e. The molecule has 2 N–H and O–H groups in total. The standard InChI is InChI=1S/C14H20N3O7P/c18-10-4-7-17(14(20)15-10)13-11(19)12-9(23-13)8-22-25(21,24-12)16-5-2-1-3-6-16/h4,7,9,11-13,19H,1-3,5-6,8H2,(H,15,18,20)/t9-,11-,12-,13-,25?/m1/s1. The first-order chi connectivity index (χ1) is 12.0. The summed E-state index contributed by atoms with van der Waals surface area (Å²) in [6.07, 6.45) is 0.379. The van der Waals surface area contributed by atoms with E-state index in [4.69, 9.17) is 13.8 Å². The van der Waals surface area contributed by atoms with Gasteiger partial charge in [-0.15, -0.1) is 0 Å². The first-order valence-corrected chi connectivity index (χ1v) is 9.81. The first kappa shape index (κ1) is 17.1. The molecule has 3 aliphatic rings. The van der Waals surface area contributed by atoms with Crippen molar-refractivity contribution in [2.75, 3.05) is 19.7 Å². The Hall–Kier alpha value is -1.29. The number of H-pyrrole nitrogens is 1. The summed E-state index contributed by atoms with van der Waals surface area (Å²) in [4.78, 5) is 25.2. The second kappa shape index (κ2) is 6.46. The number of fused-ring (bicyclic) bond motifs is 1. The summed E-state index contributed by atoms with van der Waals surface area (Å²) in [7, 11) is -3.49. The highest BCUT2D eigenvalue weighted by molar-refractivity contribution is 7.51. The van der Waals surface area contributed by atoms with Crippen molar-refractivity contribution in [1.82, 2.24) is 14.2 Å². The van der Waals surface area contributed by atoms with Crippen LogP contribution in [0.4, 0.5) is 0 Å². The number of aliphatic hydroxyl groups is 1. The first-order valence-electron chi connectivity index (χ1n) is 8.31. The van der Waals surface area contributed by atoms with E-state index in [2.05, 4.69) is 4.98 Å². The van der Waals surface area contributed by atoms with Gasteiger partial charge in [0, 0.05) is 25.4 Å². The molecule has 0 spiro atoms. The van der Waals surface area contributed by atoms with Crippen molar-refractivity contribution in [1.29, 1.82) is 0 Å². The van der Waals surface area contributed by atoms with Crippen molar-refractivity contribution in [2.24, 2.45) is 0 Å². The average molecular weight is 373 g/mol. The van der Waals surface area contributed by atoms with E-state index < -0.39 is 43.5 Å². The molecular formula is C14H20N3O7P. The van der Waals surface area contributed by atoms with Crippen LogP contribution in [0.2, 0.25) is 0 Å². The van der Waals surface area contributed by atoms with Crippen LogP contribution in [0, 0.1) is 0 Å². The van der Waals surface area contributed by atoms with Crippen LogP contribution in [0.3, 0.4) is 0 Å². The van der Waals surface area contributed by atoms with Gasteiger partial charge in [-0.1, -0.05) is 6.42 Å². The molecule has 0 aliphatic carbocycles. The molecule has 0 amide bonds. The number of piperidine rings is 1. The third-order valence-electron chi connectivity index (χ3n) is 4.77. The van der Waals surface area contributed by atoms with Gasteiger partial charge in [-0.3, -0.25) is 23.4 Å². The molecule has 3 fully saturated rings. The van der Waals surface area contributed by atoms with Crippen molar-refractivity contribution >= 4 is 7.75 Å². The Bertz CT molecular complexity index is 802. The summed E-state index contributed by atoms with van der Waals surface area (Å²) >= 11 is 0. The minimum absolute atomic E-state index is 0.00408. The Morgan fingerprint density at radius 2 is 2.00 bits per heavy atom. The molecule has 1 aromatic rings. The molecule has 0 aromatic carbocycles. The summed E-state index contributed by atoms with van der Waals surface area (Å²) in [5.74, 6) is 0. The van der Waals surface area contributed by atoms with Crippen LogP contribution < -0.4 is 11.2 Å². The van der Waals surface area contributed by atoms with Crippen LogP contribution in [-0.2, 0) is 18.3 Å². The zero-order valence-electron chi connectivity index (χ0n) is 13.4. The van der Waals surface area contributed by atoms with Crippen LogP contribution in [0.5, 0.6) is 0 Å². The van der Waals surface area contributed by atoms with Crippen LogP contribution in [0.1, 0.15) is 25.5 Å². The monoisotopic (exact) mass is 373 g/mol. The van der Waals surface area contributed by atoms with E-state index in [0.717, 1.165) is 29.9 Å². The quantitative estimate of drug-likeness (QED) is 0.684. The van der Waals surface area contributed by atoms with E-state index in [1.165, 1.54) is 6.20 Å². The van der Waals surface area contributed by atoms with E-state index in [0.29, 0.717) is 13.1 Å². The Balaban J connectivity index is 1.56. The van der Waals surface area contributed by atoms with Gasteiger partial charge >= 0.3 is 13.4 Å². The lowest BCUT2D eigenvalue weighted by molar-refractivity contribution is -0.0667. The van der Waals surface area contributed by atoms with Gasteiger partial charge < -0.3 is 9.84 Å². The number of nitrogens with one attached hydrogen (secondary N) is 1. The Morgan fingerprint density at radius 1 is 1.24 bits per heavy atom. The van der Waals surface area contributed by atoms with Crippen molar-refractivity contribution in [3.05, 3.63) is 33.1 Å². The molecule has 0 radical (unpaired) electrons. The molecular weight excluding hydrogens is 353 g/mol. The highest BCUT2D eigenvalue weighted by Gasteiger charge is 2.54. The normalized spacial score (nSPS) is 39.2. The maximum Gasteiger partial charge on any atom is 0.408 e. The number of rotatable bonds is 2. The summed E-state index contributed by atoms with van der Waals surface area (Å²) in [5.41, 5.74) is -1.24. The molecule has 11 heteroatoms. The van der Waals surface area contributed by atoms with E-state index in [1.807, 2.05) is 0 Å². The minimum atomic E-state index is -3.49. The zero-order valence-corrected chi connectivity index (χ0v) is 14.3. The summed E-state index contributed by atoms with van der Waals surface area (Å²) < 4.78 is 32.6. The fourth-order valence-electron chi connectivity index (χ4n) is 3.46. The fourth-order valence-corrected chi connectivity index (χ4v) is 5.50.